The Labute approximate surface area is 261 Å². The average Bonchev–Trinajstić information content (AvgIpc) is 3.04. The van der Waals surface area contributed by atoms with Crippen LogP contribution in [0, 0.1) is 5.82 Å². The molecule has 9 nitrogen and oxygen atoms in total. The normalized spacial score (nSPS) is 16.2. The number of ether oxygens (including phenoxy) is 1. The number of likely N-dealkylation sites (N-methyl/N-ethyl adjacent to an activating group) is 1. The highest BCUT2D eigenvalue weighted by molar-refractivity contribution is 7.99. The molecule has 1 aliphatic heterocycles. The molecule has 45 heavy (non-hydrogen) atoms. The van der Waals surface area contributed by atoms with E-state index in [0.29, 0.717) is 27.9 Å². The van der Waals surface area contributed by atoms with Crippen molar-refractivity contribution in [3.8, 4) is 11.5 Å². The van der Waals surface area contributed by atoms with E-state index in [2.05, 4.69) is 45.6 Å². The Balaban J connectivity index is 1.35. The van der Waals surface area contributed by atoms with Gasteiger partial charge >= 0.3 is 0 Å². The maximum atomic E-state index is 14.4. The standard InChI is InChI=1S/C34H35FN6O3S/c1-40(27-9-7-17-36-21-27)26-15-13-25(14-16-26)38-34-37-20-24-19-31(44-30-12-5-4-11-29(30)35)33(42)41(32(24)39-34)22-23-8-6-10-28(18-23)45(2,3)43/h4-6,8,10-16,18-20,27,36H,2,7,9,17,21-22H2,1,3H3,(H,37,38,39). The molecule has 3 aromatic carbocycles. The lowest BCUT2D eigenvalue weighted by atomic mass is 10.1. The van der Waals surface area contributed by atoms with Crippen LogP contribution in [-0.4, -0.2) is 57.0 Å². The molecule has 3 heterocycles. The molecule has 6 rings (SSSR count). The first kappa shape index (κ1) is 30.3. The van der Waals surface area contributed by atoms with Gasteiger partial charge in [-0.2, -0.15) is 4.98 Å². The fraction of sp³-hybridized carbons (Fsp3) is 0.235. The summed E-state index contributed by atoms with van der Waals surface area (Å²) in [5, 5.41) is 7.23. The topological polar surface area (TPSA) is 101 Å². The summed E-state index contributed by atoms with van der Waals surface area (Å²) in [6.07, 6.45) is 5.48. The Morgan fingerprint density at radius 3 is 2.64 bits per heavy atom. The van der Waals surface area contributed by atoms with Crippen LogP contribution in [-0.2, 0) is 16.1 Å². The molecular weight excluding hydrogens is 591 g/mol. The van der Waals surface area contributed by atoms with E-state index in [4.69, 9.17) is 9.72 Å². The molecular formula is C34H35FN6O3S. The maximum Gasteiger partial charge on any atom is 0.295 e. The van der Waals surface area contributed by atoms with Crippen LogP contribution < -0.4 is 25.8 Å². The monoisotopic (exact) mass is 626 g/mol. The van der Waals surface area contributed by atoms with Crippen LogP contribution in [0.1, 0.15) is 18.4 Å². The number of anilines is 3. The molecule has 5 aromatic rings. The van der Waals surface area contributed by atoms with Crippen molar-refractivity contribution in [1.29, 1.82) is 0 Å². The number of pyridine rings is 1. The number of hydrogen-bond acceptors (Lipinski definition) is 8. The van der Waals surface area contributed by atoms with Crippen LogP contribution in [0.4, 0.5) is 21.7 Å². The highest BCUT2D eigenvalue weighted by Crippen LogP contribution is 2.27. The molecule has 1 saturated heterocycles. The molecule has 0 bridgehead atoms. The van der Waals surface area contributed by atoms with Crippen LogP contribution in [0.25, 0.3) is 11.0 Å². The van der Waals surface area contributed by atoms with Crippen LogP contribution in [0.5, 0.6) is 11.5 Å². The smallest absolute Gasteiger partial charge is 0.295 e. The molecule has 2 atom stereocenters. The lowest BCUT2D eigenvalue weighted by molar-refractivity contribution is 0.433. The van der Waals surface area contributed by atoms with Gasteiger partial charge in [0.1, 0.15) is 5.65 Å². The van der Waals surface area contributed by atoms with E-state index in [1.54, 1.807) is 42.8 Å². The Hall–Kier alpha value is -4.74. The van der Waals surface area contributed by atoms with Crippen molar-refractivity contribution in [2.75, 3.05) is 36.6 Å². The first-order valence-corrected chi connectivity index (χ1v) is 16.8. The minimum absolute atomic E-state index is 0.0710. The van der Waals surface area contributed by atoms with Crippen LogP contribution in [0.2, 0.25) is 0 Å². The van der Waals surface area contributed by atoms with Crippen molar-refractivity contribution in [3.05, 3.63) is 107 Å². The number of hydrogen-bond donors (Lipinski definition) is 2. The number of halogens is 1. The van der Waals surface area contributed by atoms with Crippen molar-refractivity contribution in [2.45, 2.75) is 30.3 Å². The number of aromatic nitrogens is 3. The van der Waals surface area contributed by atoms with Gasteiger partial charge < -0.3 is 20.3 Å². The van der Waals surface area contributed by atoms with Crippen LogP contribution in [0.15, 0.2) is 94.7 Å². The summed E-state index contributed by atoms with van der Waals surface area (Å²) in [7, 11) is -0.363. The molecule has 1 aliphatic rings. The number of rotatable bonds is 9. The third-order valence-electron chi connectivity index (χ3n) is 7.94. The molecule has 0 radical (unpaired) electrons. The molecule has 1 fully saturated rings. The predicted octanol–water partition coefficient (Wildman–Crippen LogP) is 5.41. The van der Waals surface area contributed by atoms with Crippen LogP contribution in [0.3, 0.4) is 0 Å². The van der Waals surface area contributed by atoms with Gasteiger partial charge in [-0.1, -0.05) is 24.3 Å². The van der Waals surface area contributed by atoms with Gasteiger partial charge in [0, 0.05) is 53.7 Å². The molecule has 2 aromatic heterocycles. The summed E-state index contributed by atoms with van der Waals surface area (Å²) < 4.78 is 34.3. The number of piperidine rings is 1. The van der Waals surface area contributed by atoms with Crippen molar-refractivity contribution >= 4 is 43.7 Å². The quantitative estimate of drug-likeness (QED) is 0.210. The van der Waals surface area contributed by atoms with E-state index in [1.165, 1.54) is 22.8 Å². The van der Waals surface area contributed by atoms with Gasteiger partial charge in [0.05, 0.1) is 6.54 Å². The van der Waals surface area contributed by atoms with Gasteiger partial charge in [0.15, 0.2) is 17.3 Å². The summed E-state index contributed by atoms with van der Waals surface area (Å²) in [4.78, 5) is 25.9. The summed E-state index contributed by atoms with van der Waals surface area (Å²) in [6.45, 7) is 2.13. The van der Waals surface area contributed by atoms with E-state index >= 15 is 0 Å². The van der Waals surface area contributed by atoms with Gasteiger partial charge in [-0.05, 0) is 94.9 Å². The third kappa shape index (κ3) is 6.84. The zero-order valence-corrected chi connectivity index (χ0v) is 26.0. The largest absolute Gasteiger partial charge is 0.448 e. The Bertz CT molecular complexity index is 2010. The summed E-state index contributed by atoms with van der Waals surface area (Å²) in [5.41, 5.74) is 2.49. The van der Waals surface area contributed by atoms with Crippen molar-refractivity contribution in [1.82, 2.24) is 19.9 Å². The molecule has 232 valence electrons. The van der Waals surface area contributed by atoms with Crippen molar-refractivity contribution < 1.29 is 13.3 Å². The number of nitrogens with zero attached hydrogens (tertiary/aromatic N) is 4. The van der Waals surface area contributed by atoms with Crippen LogP contribution >= 0.6 is 0 Å². The van der Waals surface area contributed by atoms with Gasteiger partial charge in [-0.25, -0.2) is 9.37 Å². The average molecular weight is 627 g/mol. The van der Waals surface area contributed by atoms with E-state index in [0.717, 1.165) is 42.9 Å². The molecule has 0 saturated carbocycles. The minimum atomic E-state index is -2.48. The lowest BCUT2D eigenvalue weighted by Crippen LogP contribution is -2.44. The third-order valence-corrected chi connectivity index (χ3v) is 9.19. The first-order valence-electron chi connectivity index (χ1n) is 14.7. The molecule has 11 heteroatoms. The maximum absolute atomic E-state index is 14.4. The minimum Gasteiger partial charge on any atom is -0.448 e. The highest BCUT2D eigenvalue weighted by Gasteiger charge is 2.19. The zero-order chi connectivity index (χ0) is 31.6. The zero-order valence-electron chi connectivity index (χ0n) is 25.2. The highest BCUT2D eigenvalue weighted by atomic mass is 32.2. The second kappa shape index (κ2) is 12.7. The van der Waals surface area contributed by atoms with Gasteiger partial charge in [-0.3, -0.25) is 13.6 Å². The van der Waals surface area contributed by atoms with E-state index in [-0.39, 0.29) is 18.0 Å². The Morgan fingerprint density at radius 2 is 1.91 bits per heavy atom. The molecule has 0 spiro atoms. The SMILES string of the molecule is C=S(C)(=O)c1cccc(Cn2c(=O)c(Oc3ccccc3F)cc3cnc(Nc4ccc(N(C)C5CCCNC5)cc4)nc32)c1. The van der Waals surface area contributed by atoms with Crippen molar-refractivity contribution in [3.63, 3.8) is 0 Å². The van der Waals surface area contributed by atoms with Gasteiger partial charge in [-0.15, -0.1) is 0 Å². The predicted molar refractivity (Wildman–Crippen MR) is 179 cm³/mol. The van der Waals surface area contributed by atoms with E-state index < -0.39 is 20.9 Å². The molecule has 2 unspecified atom stereocenters. The second-order valence-electron chi connectivity index (χ2n) is 11.3. The van der Waals surface area contributed by atoms with Gasteiger partial charge in [0.25, 0.3) is 5.56 Å². The van der Waals surface area contributed by atoms with Gasteiger partial charge in [0.2, 0.25) is 5.95 Å². The molecule has 0 aliphatic carbocycles. The molecule has 2 N–H and O–H groups in total. The Morgan fingerprint density at radius 1 is 1.11 bits per heavy atom. The number of nitrogens with one attached hydrogen (secondary N) is 2. The summed E-state index contributed by atoms with van der Waals surface area (Å²) >= 11 is 0. The fourth-order valence-electron chi connectivity index (χ4n) is 5.44. The van der Waals surface area contributed by atoms with E-state index in [1.807, 2.05) is 18.2 Å². The van der Waals surface area contributed by atoms with Crippen molar-refractivity contribution in [2.24, 2.45) is 0 Å². The van der Waals surface area contributed by atoms with E-state index in [9.17, 15) is 13.4 Å². The number of benzene rings is 3. The summed E-state index contributed by atoms with van der Waals surface area (Å²) in [6, 6.07) is 23.0. The molecule has 0 amide bonds. The number of para-hydroxylation sites is 1. The second-order valence-corrected chi connectivity index (χ2v) is 13.8. The lowest BCUT2D eigenvalue weighted by Gasteiger charge is -2.33. The first-order chi connectivity index (χ1) is 21.7. The summed E-state index contributed by atoms with van der Waals surface area (Å²) in [5.74, 6) is 3.36. The Kier molecular flexibility index (Phi) is 8.55. The number of fused-ring (bicyclic) bond motifs is 1. The fourth-order valence-corrected chi connectivity index (χ4v) is 6.20.